The zero-order chi connectivity index (χ0) is 15.2. The molecule has 114 valence electrons. The Balaban J connectivity index is 1.98. The Morgan fingerprint density at radius 3 is 2.57 bits per heavy atom. The molecule has 0 spiro atoms. The summed E-state index contributed by atoms with van der Waals surface area (Å²) in [6, 6.07) is 7.18. The Morgan fingerprint density at radius 2 is 1.95 bits per heavy atom. The van der Waals surface area contributed by atoms with Gasteiger partial charge in [-0.2, -0.15) is 0 Å². The third kappa shape index (κ3) is 4.85. The first kappa shape index (κ1) is 16.0. The van der Waals surface area contributed by atoms with Gasteiger partial charge in [0.05, 0.1) is 5.92 Å². The second kappa shape index (κ2) is 7.60. The molecule has 1 saturated carbocycles. The molecule has 1 aromatic carbocycles. The van der Waals surface area contributed by atoms with Gasteiger partial charge in [0.2, 0.25) is 0 Å². The van der Waals surface area contributed by atoms with E-state index in [0.29, 0.717) is 11.4 Å². The van der Waals surface area contributed by atoms with Crippen LogP contribution in [0.5, 0.6) is 0 Å². The Kier molecular flexibility index (Phi) is 5.80. The third-order valence-corrected chi connectivity index (χ3v) is 4.46. The molecule has 1 N–H and O–H groups in total. The van der Waals surface area contributed by atoms with Gasteiger partial charge in [-0.15, -0.1) is 0 Å². The molecule has 1 fully saturated rings. The Bertz CT molecular complexity index is 507. The van der Waals surface area contributed by atoms with Gasteiger partial charge < -0.3 is 5.11 Å². The van der Waals surface area contributed by atoms with Crippen molar-refractivity contribution in [1.29, 1.82) is 0 Å². The number of benzene rings is 1. The van der Waals surface area contributed by atoms with E-state index in [1.807, 2.05) is 6.07 Å². The molecule has 0 aliphatic heterocycles. The molecular weight excluding hydrogens is 288 g/mol. The van der Waals surface area contributed by atoms with Crippen molar-refractivity contribution >= 4 is 23.4 Å². The van der Waals surface area contributed by atoms with Crippen LogP contribution in [0.3, 0.4) is 0 Å². The summed E-state index contributed by atoms with van der Waals surface area (Å²) >= 11 is 5.92. The minimum Gasteiger partial charge on any atom is -0.481 e. The summed E-state index contributed by atoms with van der Waals surface area (Å²) in [4.78, 5) is 23.7. The first-order chi connectivity index (χ1) is 10.1. The van der Waals surface area contributed by atoms with Crippen molar-refractivity contribution in [2.45, 2.75) is 44.9 Å². The first-order valence-corrected chi connectivity index (χ1v) is 7.94. The van der Waals surface area contributed by atoms with Crippen LogP contribution in [-0.2, 0) is 16.0 Å². The van der Waals surface area contributed by atoms with Crippen molar-refractivity contribution < 1.29 is 14.7 Å². The van der Waals surface area contributed by atoms with Crippen LogP contribution >= 0.6 is 11.6 Å². The molecule has 0 amide bonds. The van der Waals surface area contributed by atoms with E-state index in [-0.39, 0.29) is 18.1 Å². The van der Waals surface area contributed by atoms with Crippen LogP contribution in [0, 0.1) is 11.8 Å². The van der Waals surface area contributed by atoms with Gasteiger partial charge in [0.25, 0.3) is 0 Å². The minimum absolute atomic E-state index is 0.0694. The number of carbonyl (C=O) groups excluding carboxylic acids is 1. The van der Waals surface area contributed by atoms with Crippen molar-refractivity contribution in [3.05, 3.63) is 34.9 Å². The zero-order valence-corrected chi connectivity index (χ0v) is 12.8. The van der Waals surface area contributed by atoms with E-state index < -0.39 is 11.9 Å². The van der Waals surface area contributed by atoms with Gasteiger partial charge in [0.1, 0.15) is 5.78 Å². The number of carbonyl (C=O) groups is 2. The van der Waals surface area contributed by atoms with E-state index in [1.54, 1.807) is 18.2 Å². The fraction of sp³-hybridized carbons (Fsp3) is 0.529. The maximum Gasteiger partial charge on any atom is 0.307 e. The van der Waals surface area contributed by atoms with Gasteiger partial charge in [-0.3, -0.25) is 9.59 Å². The molecule has 0 aromatic heterocycles. The predicted octanol–water partition coefficient (Wildman–Crippen LogP) is 4.12. The summed E-state index contributed by atoms with van der Waals surface area (Å²) in [6.07, 6.45) is 5.69. The highest BCUT2D eigenvalue weighted by atomic mass is 35.5. The van der Waals surface area contributed by atoms with Crippen LogP contribution in [-0.4, -0.2) is 16.9 Å². The van der Waals surface area contributed by atoms with Crippen LogP contribution in [0.1, 0.15) is 44.1 Å². The van der Waals surface area contributed by atoms with E-state index >= 15 is 0 Å². The summed E-state index contributed by atoms with van der Waals surface area (Å²) < 4.78 is 0. The largest absolute Gasteiger partial charge is 0.481 e. The van der Waals surface area contributed by atoms with E-state index in [1.165, 1.54) is 6.42 Å². The molecule has 1 unspecified atom stereocenters. The molecule has 2 rings (SSSR count). The van der Waals surface area contributed by atoms with E-state index in [4.69, 9.17) is 11.6 Å². The number of halogens is 1. The lowest BCUT2D eigenvalue weighted by atomic mass is 9.82. The number of ketones is 1. The van der Waals surface area contributed by atoms with Crippen molar-refractivity contribution in [2.75, 3.05) is 0 Å². The van der Waals surface area contributed by atoms with Gasteiger partial charge >= 0.3 is 5.97 Å². The normalized spacial score (nSPS) is 17.4. The quantitative estimate of drug-likeness (QED) is 0.860. The highest BCUT2D eigenvalue weighted by Gasteiger charge is 2.27. The summed E-state index contributed by atoms with van der Waals surface area (Å²) in [5.41, 5.74) is 0.867. The molecule has 0 saturated heterocycles. The lowest BCUT2D eigenvalue weighted by molar-refractivity contribution is -0.144. The minimum atomic E-state index is -0.904. The molecule has 1 aliphatic carbocycles. The number of carboxylic acid groups (broad SMARTS) is 1. The monoisotopic (exact) mass is 308 g/mol. The molecule has 0 radical (unpaired) electrons. The third-order valence-electron chi connectivity index (χ3n) is 4.23. The zero-order valence-electron chi connectivity index (χ0n) is 12.1. The van der Waals surface area contributed by atoms with Gasteiger partial charge in [0, 0.05) is 17.4 Å². The number of carboxylic acids is 1. The van der Waals surface area contributed by atoms with Crippen LogP contribution in [0.25, 0.3) is 0 Å². The second-order valence-corrected chi connectivity index (χ2v) is 6.31. The van der Waals surface area contributed by atoms with Gasteiger partial charge in [-0.25, -0.2) is 0 Å². The number of rotatable bonds is 6. The number of Topliss-reactive ketones (excluding diaryl/α,β-unsaturated/α-hetero) is 1. The van der Waals surface area contributed by atoms with Crippen LogP contribution in [0.4, 0.5) is 0 Å². The predicted molar refractivity (Wildman–Crippen MR) is 82.5 cm³/mol. The summed E-state index contributed by atoms with van der Waals surface area (Å²) in [5.74, 6) is -1.37. The number of aliphatic carboxylic acids is 1. The molecule has 21 heavy (non-hydrogen) atoms. The summed E-state index contributed by atoms with van der Waals surface area (Å²) in [6.45, 7) is 0. The second-order valence-electron chi connectivity index (χ2n) is 5.87. The Hall–Kier alpha value is -1.35. The molecule has 1 aliphatic rings. The fourth-order valence-corrected chi connectivity index (χ4v) is 3.24. The lowest BCUT2D eigenvalue weighted by Gasteiger charge is -2.22. The molecule has 4 heteroatoms. The standard InChI is InChI=1S/C17H21ClO3/c18-15-8-4-5-12(10-15)9-14(17(20)21)11-16(19)13-6-2-1-3-7-13/h4-5,8,10,13-14H,1-3,6-7,9,11H2,(H,20,21). The fourth-order valence-electron chi connectivity index (χ4n) is 3.03. The summed E-state index contributed by atoms with van der Waals surface area (Å²) in [7, 11) is 0. The van der Waals surface area contributed by atoms with Crippen molar-refractivity contribution in [3.8, 4) is 0 Å². The van der Waals surface area contributed by atoms with Crippen molar-refractivity contribution in [1.82, 2.24) is 0 Å². The molecule has 1 atom stereocenters. The molecule has 1 aromatic rings. The summed E-state index contributed by atoms with van der Waals surface area (Å²) in [5, 5.41) is 9.96. The first-order valence-electron chi connectivity index (χ1n) is 7.56. The van der Waals surface area contributed by atoms with Gasteiger partial charge in [0.15, 0.2) is 0 Å². The van der Waals surface area contributed by atoms with Crippen LogP contribution in [0.15, 0.2) is 24.3 Å². The molecular formula is C17H21ClO3. The molecule has 0 heterocycles. The van der Waals surface area contributed by atoms with E-state index in [2.05, 4.69) is 0 Å². The van der Waals surface area contributed by atoms with Crippen LogP contribution in [0.2, 0.25) is 5.02 Å². The molecule has 0 bridgehead atoms. The van der Waals surface area contributed by atoms with Gasteiger partial charge in [-0.05, 0) is 37.0 Å². The molecule has 3 nitrogen and oxygen atoms in total. The highest BCUT2D eigenvalue weighted by molar-refractivity contribution is 6.30. The number of hydrogen-bond donors (Lipinski definition) is 1. The van der Waals surface area contributed by atoms with E-state index in [0.717, 1.165) is 31.2 Å². The Morgan fingerprint density at radius 1 is 1.24 bits per heavy atom. The van der Waals surface area contributed by atoms with E-state index in [9.17, 15) is 14.7 Å². The van der Waals surface area contributed by atoms with Crippen molar-refractivity contribution in [3.63, 3.8) is 0 Å². The average molecular weight is 309 g/mol. The van der Waals surface area contributed by atoms with Crippen molar-refractivity contribution in [2.24, 2.45) is 11.8 Å². The highest BCUT2D eigenvalue weighted by Crippen LogP contribution is 2.27. The Labute approximate surface area is 130 Å². The maximum atomic E-state index is 12.3. The SMILES string of the molecule is O=C(O)C(CC(=O)C1CCCCC1)Cc1cccc(Cl)c1. The smallest absolute Gasteiger partial charge is 0.307 e. The van der Waals surface area contributed by atoms with Gasteiger partial charge in [-0.1, -0.05) is 43.0 Å². The van der Waals surface area contributed by atoms with Crippen LogP contribution < -0.4 is 0 Å². The average Bonchev–Trinajstić information content (AvgIpc) is 2.47. The number of hydrogen-bond acceptors (Lipinski definition) is 2. The lowest BCUT2D eigenvalue weighted by Crippen LogP contribution is -2.25. The topological polar surface area (TPSA) is 54.4 Å². The maximum absolute atomic E-state index is 12.3.